The number of ether oxygens (including phenoxy) is 1. The number of imidazole rings is 1. The number of rotatable bonds is 5. The summed E-state index contributed by atoms with van der Waals surface area (Å²) in [6.45, 7) is 3.16. The minimum absolute atomic E-state index is 0.491. The van der Waals surface area contributed by atoms with E-state index in [2.05, 4.69) is 11.9 Å². The van der Waals surface area contributed by atoms with Crippen molar-refractivity contribution in [3.63, 3.8) is 0 Å². The van der Waals surface area contributed by atoms with Crippen LogP contribution in [0.5, 0.6) is 0 Å². The highest BCUT2D eigenvalue weighted by Crippen LogP contribution is 2.26. The fourth-order valence-corrected chi connectivity index (χ4v) is 3.12. The molecule has 0 aromatic carbocycles. The Hall–Kier alpha value is -0.480. The molecule has 0 aliphatic heterocycles. The lowest BCUT2D eigenvalue weighted by atomic mass is 9.88. The molecule has 0 spiro atoms. The quantitative estimate of drug-likeness (QED) is 0.597. The molecule has 1 aliphatic carbocycles. The molecule has 2 rings (SSSR count). The average molecular weight is 254 g/mol. The monoisotopic (exact) mass is 254 g/mol. The van der Waals surface area contributed by atoms with Gasteiger partial charge < -0.3 is 9.30 Å². The van der Waals surface area contributed by atoms with Gasteiger partial charge in [0, 0.05) is 25.2 Å². The summed E-state index contributed by atoms with van der Waals surface area (Å²) in [5.74, 6) is 1.73. The Morgan fingerprint density at radius 2 is 2.29 bits per heavy atom. The molecule has 0 amide bonds. The first-order valence-electron chi connectivity index (χ1n) is 6.49. The van der Waals surface area contributed by atoms with Crippen LogP contribution in [0, 0.1) is 5.92 Å². The number of hydrogen-bond acceptors (Lipinski definition) is 3. The molecule has 0 N–H and O–H groups in total. The molecular formula is C13H22N2OS. The van der Waals surface area contributed by atoms with E-state index in [0.29, 0.717) is 6.10 Å². The molecule has 0 saturated heterocycles. The molecule has 4 heteroatoms. The third kappa shape index (κ3) is 3.75. The first-order valence-corrected chi connectivity index (χ1v) is 7.47. The van der Waals surface area contributed by atoms with E-state index in [4.69, 9.17) is 4.74 Å². The smallest absolute Gasteiger partial charge is 0.167 e. The SMILES string of the molecule is C[C@H]1CCCC[C@@H]1OCCSc1nccn1C. The van der Waals surface area contributed by atoms with Gasteiger partial charge in [-0.1, -0.05) is 31.5 Å². The van der Waals surface area contributed by atoms with Gasteiger partial charge in [0.1, 0.15) is 0 Å². The van der Waals surface area contributed by atoms with Crippen LogP contribution < -0.4 is 0 Å². The zero-order chi connectivity index (χ0) is 12.1. The Kier molecular flexibility index (Phi) is 4.92. The standard InChI is InChI=1S/C13H22N2OS/c1-11-5-3-4-6-12(11)16-9-10-17-13-14-7-8-15(13)2/h7-8,11-12H,3-6,9-10H2,1-2H3/t11-,12-/m0/s1. The molecule has 1 saturated carbocycles. The van der Waals surface area contributed by atoms with Crippen molar-refractivity contribution in [3.8, 4) is 0 Å². The Bertz CT molecular complexity index is 340. The van der Waals surface area contributed by atoms with E-state index < -0.39 is 0 Å². The normalized spacial score (nSPS) is 25.1. The lowest BCUT2D eigenvalue weighted by Gasteiger charge is -2.28. The molecule has 1 aromatic rings. The number of nitrogens with zero attached hydrogens (tertiary/aromatic N) is 2. The molecule has 1 aliphatic rings. The maximum Gasteiger partial charge on any atom is 0.167 e. The summed E-state index contributed by atoms with van der Waals surface area (Å²) < 4.78 is 8.02. The van der Waals surface area contributed by atoms with Gasteiger partial charge in [-0.25, -0.2) is 4.98 Å². The average Bonchev–Trinajstić information content (AvgIpc) is 2.73. The Morgan fingerprint density at radius 3 is 3.00 bits per heavy atom. The number of aromatic nitrogens is 2. The summed E-state index contributed by atoms with van der Waals surface area (Å²) >= 11 is 1.77. The second kappa shape index (κ2) is 6.45. The van der Waals surface area contributed by atoms with Crippen molar-refractivity contribution in [1.82, 2.24) is 9.55 Å². The summed E-state index contributed by atoms with van der Waals surface area (Å²) in [6, 6.07) is 0. The first kappa shape index (κ1) is 13.0. The van der Waals surface area contributed by atoms with E-state index in [1.54, 1.807) is 11.8 Å². The number of thioether (sulfide) groups is 1. The Morgan fingerprint density at radius 1 is 1.47 bits per heavy atom. The molecule has 2 atom stereocenters. The highest BCUT2D eigenvalue weighted by Gasteiger charge is 2.21. The summed E-state index contributed by atoms with van der Waals surface area (Å²) in [5, 5.41) is 1.07. The fourth-order valence-electron chi connectivity index (χ4n) is 2.35. The molecule has 1 heterocycles. The molecule has 1 aromatic heterocycles. The van der Waals surface area contributed by atoms with Crippen LogP contribution in [0.3, 0.4) is 0 Å². The van der Waals surface area contributed by atoms with Crippen molar-refractivity contribution in [1.29, 1.82) is 0 Å². The van der Waals surface area contributed by atoms with Gasteiger partial charge in [-0.05, 0) is 18.8 Å². The molecule has 0 radical (unpaired) electrons. The van der Waals surface area contributed by atoms with Crippen molar-refractivity contribution in [2.24, 2.45) is 13.0 Å². The minimum atomic E-state index is 0.491. The van der Waals surface area contributed by atoms with Gasteiger partial charge in [-0.15, -0.1) is 0 Å². The van der Waals surface area contributed by atoms with E-state index in [-0.39, 0.29) is 0 Å². The van der Waals surface area contributed by atoms with Crippen molar-refractivity contribution in [2.45, 2.75) is 43.9 Å². The van der Waals surface area contributed by atoms with Gasteiger partial charge in [0.2, 0.25) is 0 Å². The van der Waals surface area contributed by atoms with E-state index in [1.807, 2.05) is 24.0 Å². The van der Waals surface area contributed by atoms with E-state index in [9.17, 15) is 0 Å². The first-order chi connectivity index (χ1) is 8.27. The van der Waals surface area contributed by atoms with Gasteiger partial charge in [-0.3, -0.25) is 0 Å². The number of aryl methyl sites for hydroxylation is 1. The zero-order valence-electron chi connectivity index (χ0n) is 10.8. The molecular weight excluding hydrogens is 232 g/mol. The predicted molar refractivity (Wildman–Crippen MR) is 71.3 cm³/mol. The van der Waals surface area contributed by atoms with Crippen molar-refractivity contribution < 1.29 is 4.74 Å². The largest absolute Gasteiger partial charge is 0.377 e. The summed E-state index contributed by atoms with van der Waals surface area (Å²) in [4.78, 5) is 4.29. The highest BCUT2D eigenvalue weighted by atomic mass is 32.2. The second-order valence-corrected chi connectivity index (χ2v) is 5.90. The maximum atomic E-state index is 5.98. The van der Waals surface area contributed by atoms with Crippen LogP contribution in [0.2, 0.25) is 0 Å². The van der Waals surface area contributed by atoms with Crippen LogP contribution in [-0.2, 0) is 11.8 Å². The van der Waals surface area contributed by atoms with E-state index >= 15 is 0 Å². The maximum absolute atomic E-state index is 5.98. The van der Waals surface area contributed by atoms with E-state index in [0.717, 1.165) is 23.4 Å². The molecule has 0 unspecified atom stereocenters. The zero-order valence-corrected chi connectivity index (χ0v) is 11.6. The predicted octanol–water partition coefficient (Wildman–Crippen LogP) is 3.11. The van der Waals surface area contributed by atoms with Crippen molar-refractivity contribution in [2.75, 3.05) is 12.4 Å². The van der Waals surface area contributed by atoms with Crippen LogP contribution >= 0.6 is 11.8 Å². The molecule has 96 valence electrons. The second-order valence-electron chi connectivity index (χ2n) is 4.84. The molecule has 1 fully saturated rings. The lowest BCUT2D eigenvalue weighted by Crippen LogP contribution is -2.26. The fraction of sp³-hybridized carbons (Fsp3) is 0.769. The molecule has 0 bridgehead atoms. The third-order valence-corrected chi connectivity index (χ3v) is 4.48. The number of hydrogen-bond donors (Lipinski definition) is 0. The van der Waals surface area contributed by atoms with Gasteiger partial charge >= 0.3 is 0 Å². The van der Waals surface area contributed by atoms with Crippen LogP contribution in [0.15, 0.2) is 17.6 Å². The van der Waals surface area contributed by atoms with Crippen LogP contribution in [-0.4, -0.2) is 28.0 Å². The Balaban J connectivity index is 1.64. The van der Waals surface area contributed by atoms with Gasteiger partial charge in [0.05, 0.1) is 12.7 Å². The van der Waals surface area contributed by atoms with E-state index in [1.165, 1.54) is 25.7 Å². The molecule has 17 heavy (non-hydrogen) atoms. The minimum Gasteiger partial charge on any atom is -0.377 e. The summed E-state index contributed by atoms with van der Waals surface area (Å²) in [6.07, 6.45) is 9.60. The summed E-state index contributed by atoms with van der Waals surface area (Å²) in [7, 11) is 2.03. The molecule has 3 nitrogen and oxygen atoms in total. The van der Waals surface area contributed by atoms with Crippen molar-refractivity contribution in [3.05, 3.63) is 12.4 Å². The van der Waals surface area contributed by atoms with Crippen LogP contribution in [0.4, 0.5) is 0 Å². The van der Waals surface area contributed by atoms with Gasteiger partial charge in [0.25, 0.3) is 0 Å². The Labute approximate surface area is 108 Å². The third-order valence-electron chi connectivity index (χ3n) is 3.46. The highest BCUT2D eigenvalue weighted by molar-refractivity contribution is 7.99. The van der Waals surface area contributed by atoms with Gasteiger partial charge in [-0.2, -0.15) is 0 Å². The van der Waals surface area contributed by atoms with Crippen molar-refractivity contribution >= 4 is 11.8 Å². The lowest BCUT2D eigenvalue weighted by molar-refractivity contribution is 0.00345. The summed E-state index contributed by atoms with van der Waals surface area (Å²) in [5.41, 5.74) is 0. The topological polar surface area (TPSA) is 27.1 Å². The van der Waals surface area contributed by atoms with Crippen LogP contribution in [0.1, 0.15) is 32.6 Å². The van der Waals surface area contributed by atoms with Gasteiger partial charge in [0.15, 0.2) is 5.16 Å². The van der Waals surface area contributed by atoms with Crippen LogP contribution in [0.25, 0.3) is 0 Å².